The van der Waals surface area contributed by atoms with E-state index in [2.05, 4.69) is 33.0 Å². The zero-order valence-corrected chi connectivity index (χ0v) is 8.74. The summed E-state index contributed by atoms with van der Waals surface area (Å²) < 4.78 is 6.05. The molecule has 72 valence electrons. The van der Waals surface area contributed by atoms with Gasteiger partial charge >= 0.3 is 0 Å². The lowest BCUT2D eigenvalue weighted by Gasteiger charge is -2.45. The zero-order valence-electron chi connectivity index (χ0n) is 8.74. The molecule has 0 aromatic heterocycles. The van der Waals surface area contributed by atoms with E-state index in [4.69, 9.17) is 4.74 Å². The SMILES string of the molecule is CCC1(CC)CCNC(C)(C)O1. The summed E-state index contributed by atoms with van der Waals surface area (Å²) in [5.41, 5.74) is -0.000972. The van der Waals surface area contributed by atoms with E-state index >= 15 is 0 Å². The highest BCUT2D eigenvalue weighted by Crippen LogP contribution is 2.32. The average molecular weight is 171 g/mol. The van der Waals surface area contributed by atoms with Crippen molar-refractivity contribution in [2.24, 2.45) is 0 Å². The fourth-order valence-corrected chi connectivity index (χ4v) is 1.97. The molecule has 0 unspecified atom stereocenters. The molecule has 1 rings (SSSR count). The molecular formula is C10H21NO. The molecule has 0 spiro atoms. The van der Waals surface area contributed by atoms with E-state index in [9.17, 15) is 0 Å². The second-order valence-corrected chi connectivity index (χ2v) is 4.18. The van der Waals surface area contributed by atoms with Gasteiger partial charge in [0.25, 0.3) is 0 Å². The monoisotopic (exact) mass is 171 g/mol. The van der Waals surface area contributed by atoms with Crippen LogP contribution in [-0.2, 0) is 4.74 Å². The van der Waals surface area contributed by atoms with Crippen LogP contribution >= 0.6 is 0 Å². The highest BCUT2D eigenvalue weighted by Gasteiger charge is 2.37. The minimum atomic E-state index is -0.135. The fraction of sp³-hybridized carbons (Fsp3) is 1.00. The first kappa shape index (κ1) is 10.0. The van der Waals surface area contributed by atoms with Crippen molar-refractivity contribution in [3.63, 3.8) is 0 Å². The van der Waals surface area contributed by atoms with Gasteiger partial charge < -0.3 is 4.74 Å². The molecule has 1 heterocycles. The van der Waals surface area contributed by atoms with Crippen LogP contribution in [0.1, 0.15) is 47.0 Å². The predicted octanol–water partition coefficient (Wildman–Crippen LogP) is 2.29. The van der Waals surface area contributed by atoms with Gasteiger partial charge in [-0.15, -0.1) is 0 Å². The molecule has 1 saturated heterocycles. The molecule has 0 amide bonds. The minimum Gasteiger partial charge on any atom is -0.355 e. The van der Waals surface area contributed by atoms with E-state index in [1.165, 1.54) is 0 Å². The second kappa shape index (κ2) is 3.35. The highest BCUT2D eigenvalue weighted by molar-refractivity contribution is 4.87. The molecule has 1 fully saturated rings. The molecule has 0 aliphatic carbocycles. The average Bonchev–Trinajstić information content (AvgIpc) is 2.02. The van der Waals surface area contributed by atoms with Crippen LogP contribution in [0.15, 0.2) is 0 Å². The topological polar surface area (TPSA) is 21.3 Å². The Morgan fingerprint density at radius 2 is 1.83 bits per heavy atom. The predicted molar refractivity (Wildman–Crippen MR) is 51.1 cm³/mol. The van der Waals surface area contributed by atoms with Crippen LogP contribution in [-0.4, -0.2) is 17.9 Å². The van der Waals surface area contributed by atoms with E-state index in [0.717, 1.165) is 25.8 Å². The van der Waals surface area contributed by atoms with Crippen LogP contribution in [0.3, 0.4) is 0 Å². The van der Waals surface area contributed by atoms with E-state index in [-0.39, 0.29) is 11.3 Å². The Labute approximate surface area is 75.7 Å². The van der Waals surface area contributed by atoms with Crippen molar-refractivity contribution < 1.29 is 4.74 Å². The Kier molecular flexibility index (Phi) is 2.79. The van der Waals surface area contributed by atoms with Crippen LogP contribution in [0.2, 0.25) is 0 Å². The summed E-state index contributed by atoms with van der Waals surface area (Å²) in [7, 11) is 0. The standard InChI is InChI=1S/C10H21NO/c1-5-10(6-2)7-8-11-9(3,4)12-10/h11H,5-8H2,1-4H3. The number of rotatable bonds is 2. The smallest absolute Gasteiger partial charge is 0.114 e. The Bertz CT molecular complexity index is 150. The van der Waals surface area contributed by atoms with Gasteiger partial charge in [0.1, 0.15) is 5.72 Å². The van der Waals surface area contributed by atoms with Crippen molar-refractivity contribution in [3.05, 3.63) is 0 Å². The maximum atomic E-state index is 6.05. The Balaban J connectivity index is 2.65. The van der Waals surface area contributed by atoms with Crippen molar-refractivity contribution >= 4 is 0 Å². The first-order valence-corrected chi connectivity index (χ1v) is 4.99. The summed E-state index contributed by atoms with van der Waals surface area (Å²) in [5, 5.41) is 3.36. The van der Waals surface area contributed by atoms with Gasteiger partial charge in [-0.1, -0.05) is 13.8 Å². The van der Waals surface area contributed by atoms with E-state index in [1.54, 1.807) is 0 Å². The molecule has 0 aromatic carbocycles. The number of ether oxygens (including phenoxy) is 1. The molecule has 12 heavy (non-hydrogen) atoms. The Morgan fingerprint density at radius 3 is 2.17 bits per heavy atom. The second-order valence-electron chi connectivity index (χ2n) is 4.18. The van der Waals surface area contributed by atoms with Crippen LogP contribution < -0.4 is 5.32 Å². The highest BCUT2D eigenvalue weighted by atomic mass is 16.5. The van der Waals surface area contributed by atoms with Gasteiger partial charge in [-0.2, -0.15) is 0 Å². The van der Waals surface area contributed by atoms with Crippen molar-refractivity contribution in [1.82, 2.24) is 5.32 Å². The van der Waals surface area contributed by atoms with Crippen molar-refractivity contribution in [3.8, 4) is 0 Å². The van der Waals surface area contributed by atoms with E-state index in [1.807, 2.05) is 0 Å². The Hall–Kier alpha value is -0.0800. The van der Waals surface area contributed by atoms with Gasteiger partial charge in [-0.25, -0.2) is 0 Å². The summed E-state index contributed by atoms with van der Waals surface area (Å²) in [4.78, 5) is 0. The van der Waals surface area contributed by atoms with E-state index < -0.39 is 0 Å². The van der Waals surface area contributed by atoms with Crippen molar-refractivity contribution in [2.45, 2.75) is 58.3 Å². The minimum absolute atomic E-state index is 0.134. The van der Waals surface area contributed by atoms with Gasteiger partial charge in [0.05, 0.1) is 5.60 Å². The maximum absolute atomic E-state index is 6.05. The van der Waals surface area contributed by atoms with Crippen molar-refractivity contribution in [2.75, 3.05) is 6.54 Å². The molecule has 1 N–H and O–H groups in total. The third kappa shape index (κ3) is 1.99. The summed E-state index contributed by atoms with van der Waals surface area (Å²) in [5.74, 6) is 0. The number of hydrogen-bond donors (Lipinski definition) is 1. The zero-order chi connectivity index (χ0) is 9.24. The first-order valence-electron chi connectivity index (χ1n) is 4.99. The summed E-state index contributed by atoms with van der Waals surface area (Å²) in [6.45, 7) is 9.71. The normalized spacial score (nSPS) is 27.0. The molecule has 2 heteroatoms. The quantitative estimate of drug-likeness (QED) is 0.688. The lowest BCUT2D eigenvalue weighted by Crippen LogP contribution is -2.56. The molecule has 0 saturated carbocycles. The van der Waals surface area contributed by atoms with Crippen LogP contribution in [0.25, 0.3) is 0 Å². The molecule has 0 bridgehead atoms. The fourth-order valence-electron chi connectivity index (χ4n) is 1.97. The summed E-state index contributed by atoms with van der Waals surface area (Å²) in [6.07, 6.45) is 3.38. The number of nitrogens with one attached hydrogen (secondary N) is 1. The molecule has 0 radical (unpaired) electrons. The van der Waals surface area contributed by atoms with Gasteiger partial charge in [0, 0.05) is 6.54 Å². The maximum Gasteiger partial charge on any atom is 0.114 e. The van der Waals surface area contributed by atoms with Gasteiger partial charge in [-0.05, 0) is 33.1 Å². The van der Waals surface area contributed by atoms with Crippen LogP contribution in [0.4, 0.5) is 0 Å². The molecule has 1 aliphatic rings. The first-order chi connectivity index (χ1) is 5.54. The summed E-state index contributed by atoms with van der Waals surface area (Å²) >= 11 is 0. The lowest BCUT2D eigenvalue weighted by molar-refractivity contribution is -0.186. The molecule has 0 atom stereocenters. The largest absolute Gasteiger partial charge is 0.355 e. The number of hydrogen-bond acceptors (Lipinski definition) is 2. The van der Waals surface area contributed by atoms with E-state index in [0.29, 0.717) is 0 Å². The van der Waals surface area contributed by atoms with Gasteiger partial charge in [0.15, 0.2) is 0 Å². The third-order valence-corrected chi connectivity index (χ3v) is 2.89. The molecule has 0 aromatic rings. The Morgan fingerprint density at radius 1 is 1.25 bits per heavy atom. The van der Waals surface area contributed by atoms with Crippen LogP contribution in [0.5, 0.6) is 0 Å². The lowest BCUT2D eigenvalue weighted by atomic mass is 9.90. The molecular weight excluding hydrogens is 150 g/mol. The molecule has 1 aliphatic heterocycles. The van der Waals surface area contributed by atoms with Crippen LogP contribution in [0, 0.1) is 0 Å². The molecule has 2 nitrogen and oxygen atoms in total. The third-order valence-electron chi connectivity index (χ3n) is 2.89. The summed E-state index contributed by atoms with van der Waals surface area (Å²) in [6, 6.07) is 0. The van der Waals surface area contributed by atoms with Gasteiger partial charge in [-0.3, -0.25) is 5.32 Å². The van der Waals surface area contributed by atoms with Crippen molar-refractivity contribution in [1.29, 1.82) is 0 Å². The van der Waals surface area contributed by atoms with Gasteiger partial charge in [0.2, 0.25) is 0 Å².